The van der Waals surface area contributed by atoms with Gasteiger partial charge in [-0.15, -0.1) is 0 Å². The number of rotatable bonds is 13. The van der Waals surface area contributed by atoms with E-state index in [1.807, 2.05) is 36.1 Å². The molecule has 1 aromatic rings. The number of benzene rings is 1. The molecule has 0 aromatic heterocycles. The molecule has 0 radical (unpaired) electrons. The van der Waals surface area contributed by atoms with Crippen LogP contribution in [-0.2, 0) is 9.59 Å². The van der Waals surface area contributed by atoms with Gasteiger partial charge in [0.15, 0.2) is 11.5 Å². The van der Waals surface area contributed by atoms with Crippen LogP contribution in [0.3, 0.4) is 0 Å². The third-order valence-corrected chi connectivity index (χ3v) is 7.47. The van der Waals surface area contributed by atoms with Crippen LogP contribution in [0, 0.1) is 11.3 Å². The van der Waals surface area contributed by atoms with Crippen molar-refractivity contribution in [2.24, 2.45) is 11.3 Å². The van der Waals surface area contributed by atoms with E-state index >= 15 is 0 Å². The highest BCUT2D eigenvalue weighted by atomic mass is 16.7. The summed E-state index contributed by atoms with van der Waals surface area (Å²) in [5, 5.41) is 10.4. The molecule has 2 aliphatic heterocycles. The summed E-state index contributed by atoms with van der Waals surface area (Å²) in [6.07, 6.45) is 8.84. The van der Waals surface area contributed by atoms with Crippen molar-refractivity contribution < 1.29 is 24.2 Å². The van der Waals surface area contributed by atoms with E-state index in [1.165, 1.54) is 0 Å². The van der Waals surface area contributed by atoms with Crippen LogP contribution in [0.5, 0.6) is 11.5 Å². The largest absolute Gasteiger partial charge is 0.481 e. The van der Waals surface area contributed by atoms with E-state index < -0.39 is 11.9 Å². The first kappa shape index (κ1) is 28.0. The van der Waals surface area contributed by atoms with Gasteiger partial charge in [-0.05, 0) is 49.3 Å². The topological polar surface area (TPSA) is 79.3 Å². The summed E-state index contributed by atoms with van der Waals surface area (Å²) in [6, 6.07) is 5.47. The van der Waals surface area contributed by atoms with E-state index in [-0.39, 0.29) is 36.6 Å². The zero-order valence-corrected chi connectivity index (χ0v) is 22.7. The second-order valence-corrected chi connectivity index (χ2v) is 10.9. The Kier molecular flexibility index (Phi) is 9.83. The van der Waals surface area contributed by atoms with Crippen LogP contribution in [-0.4, -0.2) is 65.8 Å². The molecule has 1 N–H and O–H groups in total. The molecule has 7 nitrogen and oxygen atoms in total. The first-order chi connectivity index (χ1) is 17.2. The SMILES string of the molecule is C/C=C\C(C)(C)C[C@H]1[C@H](C(=O)O)[C@@H](c2ccc3c(c2)OCO3)CN1CC(=O)N(CCCC)CCCC. The van der Waals surface area contributed by atoms with Crippen molar-refractivity contribution in [3.8, 4) is 11.5 Å². The predicted molar refractivity (Wildman–Crippen MR) is 141 cm³/mol. The van der Waals surface area contributed by atoms with Crippen LogP contribution in [0.4, 0.5) is 0 Å². The summed E-state index contributed by atoms with van der Waals surface area (Å²) in [4.78, 5) is 30.3. The molecule has 0 spiro atoms. The molecule has 3 atom stereocenters. The quantitative estimate of drug-likeness (QED) is 0.370. The average molecular weight is 501 g/mol. The van der Waals surface area contributed by atoms with Gasteiger partial charge in [-0.1, -0.05) is 58.8 Å². The molecule has 200 valence electrons. The van der Waals surface area contributed by atoms with Crippen molar-refractivity contribution in [3.05, 3.63) is 35.9 Å². The number of ether oxygens (including phenoxy) is 2. The van der Waals surface area contributed by atoms with Crippen LogP contribution in [0.1, 0.15) is 78.2 Å². The minimum absolute atomic E-state index is 0.0983. The number of likely N-dealkylation sites (tertiary alicyclic amines) is 1. The number of aliphatic carboxylic acids is 1. The summed E-state index contributed by atoms with van der Waals surface area (Å²) < 4.78 is 11.0. The molecular formula is C29H44N2O5. The molecule has 7 heteroatoms. The minimum Gasteiger partial charge on any atom is -0.481 e. The molecule has 3 rings (SSSR count). The van der Waals surface area contributed by atoms with Crippen LogP contribution in [0.25, 0.3) is 0 Å². The van der Waals surface area contributed by atoms with E-state index in [1.54, 1.807) is 0 Å². The highest BCUT2D eigenvalue weighted by Gasteiger charge is 2.48. The number of nitrogens with zero attached hydrogens (tertiary/aromatic N) is 2. The molecule has 0 aliphatic carbocycles. The number of carboxylic acids is 1. The number of allylic oxidation sites excluding steroid dienone is 2. The molecule has 1 aromatic carbocycles. The van der Waals surface area contributed by atoms with Crippen LogP contribution in [0.2, 0.25) is 0 Å². The van der Waals surface area contributed by atoms with Crippen molar-refractivity contribution in [2.75, 3.05) is 33.0 Å². The molecule has 1 saturated heterocycles. The number of unbranched alkanes of at least 4 members (excludes halogenated alkanes) is 2. The number of amides is 1. The second-order valence-electron chi connectivity index (χ2n) is 10.9. The molecule has 1 amide bonds. The van der Waals surface area contributed by atoms with Gasteiger partial charge >= 0.3 is 5.97 Å². The van der Waals surface area contributed by atoms with Crippen LogP contribution < -0.4 is 9.47 Å². The lowest BCUT2D eigenvalue weighted by molar-refractivity contribution is -0.144. The maximum atomic E-state index is 13.5. The van der Waals surface area contributed by atoms with Crippen molar-refractivity contribution in [1.29, 1.82) is 0 Å². The number of carbonyl (C=O) groups excluding carboxylic acids is 1. The zero-order valence-electron chi connectivity index (χ0n) is 22.7. The molecule has 0 bridgehead atoms. The van der Waals surface area contributed by atoms with Crippen LogP contribution >= 0.6 is 0 Å². The molecule has 2 heterocycles. The first-order valence-electron chi connectivity index (χ1n) is 13.5. The lowest BCUT2D eigenvalue weighted by Gasteiger charge is -2.34. The minimum atomic E-state index is -0.817. The maximum Gasteiger partial charge on any atom is 0.308 e. The monoisotopic (exact) mass is 500 g/mol. The Morgan fingerprint density at radius 2 is 1.81 bits per heavy atom. The van der Waals surface area contributed by atoms with Crippen molar-refractivity contribution in [3.63, 3.8) is 0 Å². The fourth-order valence-electron chi connectivity index (χ4n) is 5.62. The van der Waals surface area contributed by atoms with Gasteiger partial charge in [0.1, 0.15) is 0 Å². The summed E-state index contributed by atoms with van der Waals surface area (Å²) in [5.74, 6) is -0.242. The third-order valence-electron chi connectivity index (χ3n) is 7.47. The van der Waals surface area contributed by atoms with E-state index in [0.717, 1.165) is 44.3 Å². The van der Waals surface area contributed by atoms with Gasteiger partial charge in [0.2, 0.25) is 12.7 Å². The number of carbonyl (C=O) groups is 2. The maximum absolute atomic E-state index is 13.5. The second kappa shape index (κ2) is 12.6. The molecular weight excluding hydrogens is 456 g/mol. The molecule has 1 fully saturated rings. The lowest BCUT2D eigenvalue weighted by Crippen LogP contribution is -2.45. The fourth-order valence-corrected chi connectivity index (χ4v) is 5.62. The van der Waals surface area contributed by atoms with E-state index in [9.17, 15) is 14.7 Å². The van der Waals surface area contributed by atoms with Gasteiger partial charge in [-0.2, -0.15) is 0 Å². The van der Waals surface area contributed by atoms with Gasteiger partial charge in [0, 0.05) is 31.6 Å². The summed E-state index contributed by atoms with van der Waals surface area (Å²) >= 11 is 0. The zero-order chi connectivity index (χ0) is 26.3. The Bertz CT molecular complexity index is 920. The Hall–Kier alpha value is -2.54. The predicted octanol–water partition coefficient (Wildman–Crippen LogP) is 5.31. The Morgan fingerprint density at radius 1 is 1.14 bits per heavy atom. The van der Waals surface area contributed by atoms with E-state index in [2.05, 4.69) is 38.7 Å². The van der Waals surface area contributed by atoms with Crippen molar-refractivity contribution in [2.45, 2.75) is 78.7 Å². The smallest absolute Gasteiger partial charge is 0.308 e. The van der Waals surface area contributed by atoms with Gasteiger partial charge in [-0.25, -0.2) is 0 Å². The highest BCUT2D eigenvalue weighted by Crippen LogP contribution is 2.45. The van der Waals surface area contributed by atoms with Crippen LogP contribution in [0.15, 0.2) is 30.4 Å². The van der Waals surface area contributed by atoms with E-state index in [0.29, 0.717) is 24.5 Å². The lowest BCUT2D eigenvalue weighted by atomic mass is 9.77. The number of hydrogen-bond acceptors (Lipinski definition) is 5. The van der Waals surface area contributed by atoms with Gasteiger partial charge < -0.3 is 19.5 Å². The summed E-state index contributed by atoms with van der Waals surface area (Å²) in [5.41, 5.74) is 0.728. The standard InChI is InChI=1S/C29H44N2O5/c1-6-9-14-30(15-10-7-2)26(32)19-31-18-22(21-11-12-24-25(16-21)36-20-35-24)27(28(33)34)23(31)17-29(4,5)13-8-3/h8,11-13,16,22-23,27H,6-7,9-10,14-15,17-20H2,1-5H3,(H,33,34)/b13-8-/t22-,23+,27-/m1/s1. The Balaban J connectivity index is 1.91. The molecule has 36 heavy (non-hydrogen) atoms. The molecule has 0 saturated carbocycles. The first-order valence-corrected chi connectivity index (χ1v) is 13.5. The summed E-state index contributed by atoms with van der Waals surface area (Å²) in [7, 11) is 0. The molecule has 2 aliphatic rings. The van der Waals surface area contributed by atoms with Crippen molar-refractivity contribution >= 4 is 11.9 Å². The van der Waals surface area contributed by atoms with Gasteiger partial charge in [0.05, 0.1) is 12.5 Å². The number of hydrogen-bond donors (Lipinski definition) is 1. The van der Waals surface area contributed by atoms with Gasteiger partial charge in [0.25, 0.3) is 0 Å². The number of carboxylic acid groups (broad SMARTS) is 1. The normalized spacial score (nSPS) is 21.9. The van der Waals surface area contributed by atoms with E-state index in [4.69, 9.17) is 9.47 Å². The highest BCUT2D eigenvalue weighted by molar-refractivity contribution is 5.79. The van der Waals surface area contributed by atoms with Gasteiger partial charge in [-0.3, -0.25) is 14.5 Å². The molecule has 0 unspecified atom stereocenters. The number of fused-ring (bicyclic) bond motifs is 1. The fraction of sp³-hybridized carbons (Fsp3) is 0.655. The average Bonchev–Trinajstić information content (AvgIpc) is 3.43. The third kappa shape index (κ3) is 6.81. The Morgan fingerprint density at radius 3 is 2.42 bits per heavy atom. The Labute approximate surface area is 216 Å². The van der Waals surface area contributed by atoms with Crippen molar-refractivity contribution in [1.82, 2.24) is 9.80 Å². The summed E-state index contributed by atoms with van der Waals surface area (Å²) in [6.45, 7) is 13.0.